The van der Waals surface area contributed by atoms with Gasteiger partial charge in [-0.3, -0.25) is 4.98 Å². The molecule has 0 aliphatic heterocycles. The van der Waals surface area contributed by atoms with Gasteiger partial charge in [-0.25, -0.2) is 0 Å². The lowest BCUT2D eigenvalue weighted by molar-refractivity contribution is -0.0385. The Morgan fingerprint density at radius 1 is 1.26 bits per heavy atom. The first kappa shape index (κ1) is 14.0. The summed E-state index contributed by atoms with van der Waals surface area (Å²) >= 11 is 0. The summed E-state index contributed by atoms with van der Waals surface area (Å²) in [5, 5.41) is 11.5. The maximum Gasteiger partial charge on any atom is 0.107 e. The van der Waals surface area contributed by atoms with Crippen molar-refractivity contribution in [3.63, 3.8) is 0 Å². The fourth-order valence-electron chi connectivity index (χ4n) is 2.30. The molecule has 3 nitrogen and oxygen atoms in total. The Morgan fingerprint density at radius 3 is 2.79 bits per heavy atom. The molecule has 0 radical (unpaired) electrons. The monoisotopic (exact) mass is 259 g/mol. The van der Waals surface area contributed by atoms with Crippen LogP contribution in [0.25, 0.3) is 10.9 Å². The summed E-state index contributed by atoms with van der Waals surface area (Å²) in [6.45, 7) is 4.66. The largest absolute Gasteiger partial charge is 0.386 e. The van der Waals surface area contributed by atoms with Crippen LogP contribution in [-0.4, -0.2) is 22.8 Å². The molecule has 0 aliphatic carbocycles. The second kappa shape index (κ2) is 6.64. The van der Waals surface area contributed by atoms with Crippen molar-refractivity contribution in [1.82, 2.24) is 4.98 Å². The summed E-state index contributed by atoms with van der Waals surface area (Å²) in [6, 6.07) is 9.91. The molecule has 0 amide bonds. The van der Waals surface area contributed by atoms with Crippen molar-refractivity contribution in [2.75, 3.05) is 6.61 Å². The van der Waals surface area contributed by atoms with Crippen LogP contribution >= 0.6 is 0 Å². The van der Waals surface area contributed by atoms with Gasteiger partial charge in [0.05, 0.1) is 11.6 Å². The zero-order valence-electron chi connectivity index (χ0n) is 11.5. The van der Waals surface area contributed by atoms with Crippen LogP contribution in [0.2, 0.25) is 0 Å². The van der Waals surface area contributed by atoms with Gasteiger partial charge in [-0.2, -0.15) is 0 Å². The lowest BCUT2D eigenvalue weighted by Gasteiger charge is -2.22. The molecular weight excluding hydrogens is 238 g/mol. The summed E-state index contributed by atoms with van der Waals surface area (Å²) in [5.74, 6) is 0. The molecule has 3 heteroatoms. The van der Waals surface area contributed by atoms with Crippen LogP contribution in [0.3, 0.4) is 0 Å². The molecule has 2 aromatic rings. The molecule has 0 bridgehead atoms. The van der Waals surface area contributed by atoms with Crippen LogP contribution in [0.15, 0.2) is 36.5 Å². The molecule has 0 saturated carbocycles. The van der Waals surface area contributed by atoms with Gasteiger partial charge in [0.1, 0.15) is 6.10 Å². The van der Waals surface area contributed by atoms with Gasteiger partial charge >= 0.3 is 0 Å². The smallest absolute Gasteiger partial charge is 0.107 e. The Labute approximate surface area is 114 Å². The number of ether oxygens (including phenoxy) is 1. The van der Waals surface area contributed by atoms with Crippen molar-refractivity contribution < 1.29 is 9.84 Å². The molecular formula is C16H21NO2. The van der Waals surface area contributed by atoms with Gasteiger partial charge in [0, 0.05) is 23.8 Å². The van der Waals surface area contributed by atoms with E-state index < -0.39 is 6.10 Å². The second-order valence-electron chi connectivity index (χ2n) is 4.69. The number of nitrogens with zero attached hydrogens (tertiary/aromatic N) is 1. The van der Waals surface area contributed by atoms with Gasteiger partial charge in [0.15, 0.2) is 0 Å². The van der Waals surface area contributed by atoms with Crippen LogP contribution < -0.4 is 0 Å². The molecule has 0 fully saturated rings. The molecule has 1 aromatic carbocycles. The molecule has 1 aromatic heterocycles. The highest BCUT2D eigenvalue weighted by atomic mass is 16.5. The van der Waals surface area contributed by atoms with E-state index in [2.05, 4.69) is 11.9 Å². The SMILES string of the molecule is CCCC(OCC)C(O)c1cnc2ccccc2c1. The maximum absolute atomic E-state index is 10.4. The van der Waals surface area contributed by atoms with Crippen molar-refractivity contribution in [2.45, 2.75) is 38.9 Å². The number of hydrogen-bond donors (Lipinski definition) is 1. The normalized spacial score (nSPS) is 14.5. The Hall–Kier alpha value is -1.45. The summed E-state index contributed by atoms with van der Waals surface area (Å²) in [6.07, 6.45) is 2.81. The minimum Gasteiger partial charge on any atom is -0.386 e. The number of aromatic nitrogens is 1. The van der Waals surface area contributed by atoms with Crippen LogP contribution in [0.5, 0.6) is 0 Å². The summed E-state index contributed by atoms with van der Waals surface area (Å²) < 4.78 is 5.63. The van der Waals surface area contributed by atoms with E-state index in [4.69, 9.17) is 4.74 Å². The standard InChI is InChI=1S/C16H21NO2/c1-3-7-15(19-4-2)16(18)13-10-12-8-5-6-9-14(12)17-11-13/h5-6,8-11,15-16,18H,3-4,7H2,1-2H3. The van der Waals surface area contributed by atoms with Crippen molar-refractivity contribution >= 4 is 10.9 Å². The average Bonchev–Trinajstić information content (AvgIpc) is 2.46. The molecule has 2 unspecified atom stereocenters. The number of benzene rings is 1. The van der Waals surface area contributed by atoms with E-state index in [1.807, 2.05) is 37.3 Å². The first-order chi connectivity index (χ1) is 9.26. The highest BCUT2D eigenvalue weighted by Gasteiger charge is 2.21. The van der Waals surface area contributed by atoms with Gasteiger partial charge in [0.25, 0.3) is 0 Å². The molecule has 2 atom stereocenters. The fraction of sp³-hybridized carbons (Fsp3) is 0.438. The third-order valence-electron chi connectivity index (χ3n) is 3.26. The number of aliphatic hydroxyl groups excluding tert-OH is 1. The molecule has 0 saturated heterocycles. The molecule has 1 heterocycles. The summed E-state index contributed by atoms with van der Waals surface area (Å²) in [4.78, 5) is 4.39. The van der Waals surface area contributed by atoms with E-state index in [-0.39, 0.29) is 6.10 Å². The molecule has 1 N–H and O–H groups in total. The summed E-state index contributed by atoms with van der Waals surface area (Å²) in [5.41, 5.74) is 1.77. The number of rotatable bonds is 6. The van der Waals surface area contributed by atoms with E-state index in [0.29, 0.717) is 6.61 Å². The fourth-order valence-corrected chi connectivity index (χ4v) is 2.30. The number of pyridine rings is 1. The van der Waals surface area contributed by atoms with Gasteiger partial charge in [0.2, 0.25) is 0 Å². The van der Waals surface area contributed by atoms with E-state index in [1.54, 1.807) is 6.20 Å². The summed E-state index contributed by atoms with van der Waals surface area (Å²) in [7, 11) is 0. The Morgan fingerprint density at radius 2 is 2.05 bits per heavy atom. The number of para-hydroxylation sites is 1. The number of fused-ring (bicyclic) bond motifs is 1. The van der Waals surface area contributed by atoms with Crippen molar-refractivity contribution in [2.24, 2.45) is 0 Å². The lowest BCUT2D eigenvalue weighted by Crippen LogP contribution is -2.22. The molecule has 19 heavy (non-hydrogen) atoms. The van der Waals surface area contributed by atoms with Gasteiger partial charge < -0.3 is 9.84 Å². The zero-order valence-corrected chi connectivity index (χ0v) is 11.5. The Balaban J connectivity index is 2.26. The van der Waals surface area contributed by atoms with E-state index in [0.717, 1.165) is 29.3 Å². The molecule has 102 valence electrons. The Kier molecular flexibility index (Phi) is 4.88. The van der Waals surface area contributed by atoms with Crippen LogP contribution in [0.1, 0.15) is 38.4 Å². The van der Waals surface area contributed by atoms with E-state index in [9.17, 15) is 5.11 Å². The second-order valence-corrected chi connectivity index (χ2v) is 4.69. The average molecular weight is 259 g/mol. The van der Waals surface area contributed by atoms with Crippen LogP contribution in [-0.2, 0) is 4.74 Å². The first-order valence-electron chi connectivity index (χ1n) is 6.90. The Bertz CT molecular complexity index is 521. The predicted octanol–water partition coefficient (Wildman–Crippen LogP) is 3.47. The highest BCUT2D eigenvalue weighted by Crippen LogP contribution is 2.24. The van der Waals surface area contributed by atoms with Gasteiger partial charge in [-0.15, -0.1) is 0 Å². The quantitative estimate of drug-likeness (QED) is 0.863. The maximum atomic E-state index is 10.4. The van der Waals surface area contributed by atoms with Crippen molar-refractivity contribution in [3.05, 3.63) is 42.1 Å². The minimum atomic E-state index is -0.614. The number of aliphatic hydroxyl groups is 1. The van der Waals surface area contributed by atoms with Crippen LogP contribution in [0, 0.1) is 0 Å². The van der Waals surface area contributed by atoms with Gasteiger partial charge in [-0.05, 0) is 25.5 Å². The topological polar surface area (TPSA) is 42.4 Å². The number of hydrogen-bond acceptors (Lipinski definition) is 3. The zero-order chi connectivity index (χ0) is 13.7. The third kappa shape index (κ3) is 3.31. The van der Waals surface area contributed by atoms with Crippen molar-refractivity contribution in [1.29, 1.82) is 0 Å². The van der Waals surface area contributed by atoms with E-state index in [1.165, 1.54) is 0 Å². The highest BCUT2D eigenvalue weighted by molar-refractivity contribution is 5.78. The first-order valence-corrected chi connectivity index (χ1v) is 6.90. The van der Waals surface area contributed by atoms with Gasteiger partial charge in [-0.1, -0.05) is 31.5 Å². The predicted molar refractivity (Wildman–Crippen MR) is 77.0 cm³/mol. The lowest BCUT2D eigenvalue weighted by atomic mass is 10.0. The molecule has 2 rings (SSSR count). The minimum absolute atomic E-state index is 0.155. The van der Waals surface area contributed by atoms with E-state index >= 15 is 0 Å². The van der Waals surface area contributed by atoms with Crippen molar-refractivity contribution in [3.8, 4) is 0 Å². The van der Waals surface area contributed by atoms with Crippen LogP contribution in [0.4, 0.5) is 0 Å². The third-order valence-corrected chi connectivity index (χ3v) is 3.26. The molecule has 0 spiro atoms. The molecule has 0 aliphatic rings.